The van der Waals surface area contributed by atoms with Crippen molar-refractivity contribution in [2.45, 2.75) is 50.5 Å². The van der Waals surface area contributed by atoms with Crippen LogP contribution in [0.4, 0.5) is 5.69 Å². The Morgan fingerprint density at radius 1 is 1.00 bits per heavy atom. The summed E-state index contributed by atoms with van der Waals surface area (Å²) in [7, 11) is 0. The van der Waals surface area contributed by atoms with Crippen LogP contribution in [0.25, 0.3) is 0 Å². The smallest absolute Gasteiger partial charge is 0.0316 e. The molecule has 1 aromatic carbocycles. The molecule has 1 aliphatic carbocycles. The number of piperidine rings is 1. The summed E-state index contributed by atoms with van der Waals surface area (Å²) in [5, 5.41) is 0. The number of nitrogens with zero attached hydrogens (tertiary/aromatic N) is 1. The van der Waals surface area contributed by atoms with Gasteiger partial charge < -0.3 is 10.6 Å². The van der Waals surface area contributed by atoms with E-state index in [0.717, 1.165) is 17.6 Å². The Balaban J connectivity index is 1.59. The van der Waals surface area contributed by atoms with Gasteiger partial charge in [0, 0.05) is 11.7 Å². The highest BCUT2D eigenvalue weighted by Gasteiger charge is 2.27. The fourth-order valence-corrected chi connectivity index (χ4v) is 3.68. The van der Waals surface area contributed by atoms with E-state index in [1.54, 1.807) is 0 Å². The standard InChI is InChI=1S/C16H24N2/c17-15-5-3-4-14(12-15)13-8-10-18(11-9-13)16-6-1-2-7-16/h3-5,12-13,16H,1-2,6-11,17H2. The summed E-state index contributed by atoms with van der Waals surface area (Å²) in [6.07, 6.45) is 8.37. The van der Waals surface area contributed by atoms with Gasteiger partial charge in [-0.1, -0.05) is 25.0 Å². The second-order valence-corrected chi connectivity index (χ2v) is 5.92. The van der Waals surface area contributed by atoms with Gasteiger partial charge in [0.05, 0.1) is 0 Å². The number of hydrogen-bond donors (Lipinski definition) is 1. The molecule has 0 aromatic heterocycles. The maximum absolute atomic E-state index is 5.88. The summed E-state index contributed by atoms with van der Waals surface area (Å²) < 4.78 is 0. The molecule has 2 N–H and O–H groups in total. The molecule has 1 heterocycles. The molecule has 0 atom stereocenters. The zero-order chi connectivity index (χ0) is 12.4. The van der Waals surface area contributed by atoms with E-state index in [9.17, 15) is 0 Å². The molecule has 2 aliphatic rings. The Morgan fingerprint density at radius 3 is 2.39 bits per heavy atom. The first-order chi connectivity index (χ1) is 8.83. The molecule has 2 nitrogen and oxygen atoms in total. The minimum atomic E-state index is 0.728. The minimum Gasteiger partial charge on any atom is -0.399 e. The minimum absolute atomic E-state index is 0.728. The van der Waals surface area contributed by atoms with Crippen LogP contribution in [0.15, 0.2) is 24.3 Å². The fourth-order valence-electron chi connectivity index (χ4n) is 3.68. The molecule has 1 saturated heterocycles. The first-order valence-electron chi connectivity index (χ1n) is 7.42. The van der Waals surface area contributed by atoms with Gasteiger partial charge in [-0.3, -0.25) is 0 Å². The van der Waals surface area contributed by atoms with Crippen molar-refractivity contribution >= 4 is 5.69 Å². The van der Waals surface area contributed by atoms with Crippen molar-refractivity contribution in [1.29, 1.82) is 0 Å². The second kappa shape index (κ2) is 5.31. The lowest BCUT2D eigenvalue weighted by Gasteiger charge is -2.36. The predicted octanol–water partition coefficient (Wildman–Crippen LogP) is 3.39. The third-order valence-corrected chi connectivity index (χ3v) is 4.75. The van der Waals surface area contributed by atoms with E-state index in [-0.39, 0.29) is 0 Å². The predicted molar refractivity (Wildman–Crippen MR) is 76.7 cm³/mol. The second-order valence-electron chi connectivity index (χ2n) is 5.92. The van der Waals surface area contributed by atoms with Crippen LogP contribution in [-0.4, -0.2) is 24.0 Å². The van der Waals surface area contributed by atoms with Gasteiger partial charge in [0.25, 0.3) is 0 Å². The molecular weight excluding hydrogens is 220 g/mol. The maximum atomic E-state index is 5.88. The highest BCUT2D eigenvalue weighted by molar-refractivity contribution is 5.41. The SMILES string of the molecule is Nc1cccc(C2CCN(C3CCCC3)CC2)c1. The molecule has 3 rings (SSSR count). The van der Waals surface area contributed by atoms with Gasteiger partial charge in [-0.25, -0.2) is 0 Å². The molecular formula is C16H24N2. The molecule has 0 unspecified atom stereocenters. The van der Waals surface area contributed by atoms with E-state index in [1.165, 1.54) is 57.2 Å². The molecule has 1 saturated carbocycles. The number of rotatable bonds is 2. The fraction of sp³-hybridized carbons (Fsp3) is 0.625. The van der Waals surface area contributed by atoms with Gasteiger partial charge >= 0.3 is 0 Å². The van der Waals surface area contributed by atoms with Crippen molar-refractivity contribution in [1.82, 2.24) is 4.90 Å². The molecule has 0 radical (unpaired) electrons. The molecule has 1 aromatic rings. The summed E-state index contributed by atoms with van der Waals surface area (Å²) in [6.45, 7) is 2.56. The van der Waals surface area contributed by atoms with Crippen LogP contribution in [0.3, 0.4) is 0 Å². The van der Waals surface area contributed by atoms with Gasteiger partial charge in [0.2, 0.25) is 0 Å². The van der Waals surface area contributed by atoms with E-state index in [2.05, 4.69) is 23.1 Å². The molecule has 1 aliphatic heterocycles. The largest absolute Gasteiger partial charge is 0.399 e. The molecule has 0 amide bonds. The van der Waals surface area contributed by atoms with Crippen molar-refractivity contribution < 1.29 is 0 Å². The Kier molecular flexibility index (Phi) is 3.55. The quantitative estimate of drug-likeness (QED) is 0.808. The number of nitrogens with two attached hydrogens (primary N) is 1. The summed E-state index contributed by atoms with van der Waals surface area (Å²) in [6, 6.07) is 9.37. The van der Waals surface area contributed by atoms with Crippen molar-refractivity contribution in [3.63, 3.8) is 0 Å². The third kappa shape index (κ3) is 2.54. The lowest BCUT2D eigenvalue weighted by molar-refractivity contribution is 0.154. The average molecular weight is 244 g/mol. The first kappa shape index (κ1) is 12.0. The number of nitrogen functional groups attached to an aromatic ring is 1. The van der Waals surface area contributed by atoms with Crippen molar-refractivity contribution in [2.75, 3.05) is 18.8 Å². The van der Waals surface area contributed by atoms with Crippen LogP contribution in [0, 0.1) is 0 Å². The maximum Gasteiger partial charge on any atom is 0.0316 e. The van der Waals surface area contributed by atoms with Gasteiger partial charge in [-0.2, -0.15) is 0 Å². The lowest BCUT2D eigenvalue weighted by Crippen LogP contribution is -2.39. The van der Waals surface area contributed by atoms with Crippen LogP contribution in [0.5, 0.6) is 0 Å². The van der Waals surface area contributed by atoms with Crippen molar-refractivity contribution in [2.24, 2.45) is 0 Å². The van der Waals surface area contributed by atoms with E-state index >= 15 is 0 Å². The molecule has 18 heavy (non-hydrogen) atoms. The van der Waals surface area contributed by atoms with Gasteiger partial charge in [0.1, 0.15) is 0 Å². The van der Waals surface area contributed by atoms with Crippen LogP contribution < -0.4 is 5.73 Å². The van der Waals surface area contributed by atoms with E-state index in [1.807, 2.05) is 6.07 Å². The van der Waals surface area contributed by atoms with Gasteiger partial charge in [-0.05, 0) is 62.4 Å². The van der Waals surface area contributed by atoms with Gasteiger partial charge in [0.15, 0.2) is 0 Å². The normalized spacial score (nSPS) is 23.6. The summed E-state index contributed by atoms with van der Waals surface area (Å²) in [4.78, 5) is 2.73. The molecule has 0 bridgehead atoms. The first-order valence-corrected chi connectivity index (χ1v) is 7.42. The lowest BCUT2D eigenvalue weighted by atomic mass is 9.88. The zero-order valence-corrected chi connectivity index (χ0v) is 11.1. The summed E-state index contributed by atoms with van der Waals surface area (Å²) in [5.41, 5.74) is 8.24. The zero-order valence-electron chi connectivity index (χ0n) is 11.1. The summed E-state index contributed by atoms with van der Waals surface area (Å²) in [5.74, 6) is 0.728. The van der Waals surface area contributed by atoms with Crippen LogP contribution in [0.1, 0.15) is 50.0 Å². The van der Waals surface area contributed by atoms with Crippen molar-refractivity contribution in [3.05, 3.63) is 29.8 Å². The topological polar surface area (TPSA) is 29.3 Å². The Morgan fingerprint density at radius 2 is 1.72 bits per heavy atom. The van der Waals surface area contributed by atoms with Gasteiger partial charge in [-0.15, -0.1) is 0 Å². The van der Waals surface area contributed by atoms with Crippen molar-refractivity contribution in [3.8, 4) is 0 Å². The molecule has 98 valence electrons. The van der Waals surface area contributed by atoms with E-state index in [4.69, 9.17) is 5.73 Å². The Labute approximate surface area is 110 Å². The molecule has 0 spiro atoms. The number of hydrogen-bond acceptors (Lipinski definition) is 2. The number of anilines is 1. The molecule has 2 fully saturated rings. The average Bonchev–Trinajstić information content (AvgIpc) is 2.93. The Bertz CT molecular complexity index is 388. The van der Waals surface area contributed by atoms with Crippen LogP contribution >= 0.6 is 0 Å². The summed E-state index contributed by atoms with van der Waals surface area (Å²) >= 11 is 0. The van der Waals surface area contributed by atoms with E-state index < -0.39 is 0 Å². The number of benzene rings is 1. The Hall–Kier alpha value is -1.02. The van der Waals surface area contributed by atoms with Crippen LogP contribution in [0.2, 0.25) is 0 Å². The highest BCUT2D eigenvalue weighted by Crippen LogP contribution is 2.32. The third-order valence-electron chi connectivity index (χ3n) is 4.75. The van der Waals surface area contributed by atoms with E-state index in [0.29, 0.717) is 0 Å². The number of likely N-dealkylation sites (tertiary alicyclic amines) is 1. The highest BCUT2D eigenvalue weighted by atomic mass is 15.2. The van der Waals surface area contributed by atoms with Crippen LogP contribution in [-0.2, 0) is 0 Å². The monoisotopic (exact) mass is 244 g/mol. The molecule has 2 heteroatoms.